The van der Waals surface area contributed by atoms with Crippen LogP contribution in [0.5, 0.6) is 5.75 Å². The summed E-state index contributed by atoms with van der Waals surface area (Å²) in [5.74, 6) is -0.0855. The third-order valence-corrected chi connectivity index (χ3v) is 5.53. The number of carbonyl (C=O) groups excluding carboxylic acids is 1. The van der Waals surface area contributed by atoms with Crippen molar-refractivity contribution in [2.24, 2.45) is 0 Å². The van der Waals surface area contributed by atoms with E-state index in [0.29, 0.717) is 13.0 Å². The second-order valence-electron chi connectivity index (χ2n) is 8.33. The number of para-hydroxylation sites is 1. The zero-order chi connectivity index (χ0) is 21.7. The quantitative estimate of drug-likeness (QED) is 0.220. The number of ether oxygens (including phenoxy) is 1. The average Bonchev–Trinajstić information content (AvgIpc) is 2.75. The fourth-order valence-corrected chi connectivity index (χ4v) is 3.66. The van der Waals surface area contributed by atoms with Gasteiger partial charge in [-0.15, -0.1) is 0 Å². The summed E-state index contributed by atoms with van der Waals surface area (Å²) in [5, 5.41) is 2.84. The summed E-state index contributed by atoms with van der Waals surface area (Å²) >= 11 is 0. The van der Waals surface area contributed by atoms with Crippen molar-refractivity contribution in [1.29, 1.82) is 0 Å². The number of nitrogens with one attached hydrogen (secondary N) is 1. The van der Waals surface area contributed by atoms with E-state index in [2.05, 4.69) is 12.2 Å². The molecule has 0 aliphatic rings. The first-order valence-corrected chi connectivity index (χ1v) is 12.4. The Morgan fingerprint density at radius 2 is 1.30 bits per heavy atom. The number of unbranched alkanes of at least 4 members (excludes halogenated alkanes) is 14. The molecule has 0 saturated heterocycles. The van der Waals surface area contributed by atoms with Gasteiger partial charge >= 0.3 is 0 Å². The molecule has 0 spiro atoms. The van der Waals surface area contributed by atoms with Crippen LogP contribution in [-0.4, -0.2) is 19.1 Å². The molecule has 0 atom stereocenters. The number of hydrogen-bond donors (Lipinski definition) is 1. The van der Waals surface area contributed by atoms with Crippen LogP contribution in [0, 0.1) is 5.82 Å². The Hall–Kier alpha value is -1.58. The summed E-state index contributed by atoms with van der Waals surface area (Å²) in [4.78, 5) is 11.8. The van der Waals surface area contributed by atoms with Crippen molar-refractivity contribution < 1.29 is 13.9 Å². The zero-order valence-electron chi connectivity index (χ0n) is 19.2. The summed E-state index contributed by atoms with van der Waals surface area (Å²) in [7, 11) is 0. The molecule has 0 saturated carbocycles. The van der Waals surface area contributed by atoms with E-state index in [4.69, 9.17) is 4.74 Å². The van der Waals surface area contributed by atoms with Gasteiger partial charge in [-0.05, 0) is 18.6 Å². The first-order valence-electron chi connectivity index (χ1n) is 12.4. The molecule has 0 heterocycles. The van der Waals surface area contributed by atoms with Gasteiger partial charge in [0.1, 0.15) is 6.61 Å². The maximum Gasteiger partial charge on any atom is 0.220 e. The standard InChI is InChI=1S/C26H44FNO2/c1-2-3-4-5-6-7-8-9-10-11-12-13-14-15-16-21-26(29)28-22-23-30-25-20-18-17-19-24(25)27/h17-20H,2-16,21-23H2,1H3,(H,28,29). The minimum Gasteiger partial charge on any atom is -0.489 e. The van der Waals surface area contributed by atoms with Crippen molar-refractivity contribution in [3.63, 3.8) is 0 Å². The van der Waals surface area contributed by atoms with Crippen LogP contribution in [0.25, 0.3) is 0 Å². The summed E-state index contributed by atoms with van der Waals surface area (Å²) in [5.41, 5.74) is 0. The Kier molecular flexibility index (Phi) is 17.1. The first-order chi connectivity index (χ1) is 14.7. The maximum absolute atomic E-state index is 13.4. The Balaban J connectivity index is 1.79. The molecule has 0 aliphatic heterocycles. The second-order valence-corrected chi connectivity index (χ2v) is 8.33. The van der Waals surface area contributed by atoms with E-state index >= 15 is 0 Å². The lowest BCUT2D eigenvalue weighted by Gasteiger charge is -2.08. The predicted octanol–water partition coefficient (Wildman–Crippen LogP) is 7.58. The number of amides is 1. The van der Waals surface area contributed by atoms with Gasteiger partial charge in [0.15, 0.2) is 11.6 Å². The van der Waals surface area contributed by atoms with Crippen molar-refractivity contribution >= 4 is 5.91 Å². The molecule has 30 heavy (non-hydrogen) atoms. The Labute approximate surface area is 184 Å². The Bertz CT molecular complexity index is 536. The van der Waals surface area contributed by atoms with Gasteiger partial charge in [-0.3, -0.25) is 4.79 Å². The molecule has 0 radical (unpaired) electrons. The Morgan fingerprint density at radius 3 is 1.83 bits per heavy atom. The normalized spacial score (nSPS) is 10.9. The molecule has 4 heteroatoms. The first kappa shape index (κ1) is 26.5. The molecule has 0 fully saturated rings. The van der Waals surface area contributed by atoms with Crippen LogP contribution >= 0.6 is 0 Å². The van der Waals surface area contributed by atoms with Crippen molar-refractivity contribution in [2.45, 2.75) is 110 Å². The zero-order valence-corrected chi connectivity index (χ0v) is 19.2. The molecule has 172 valence electrons. The van der Waals surface area contributed by atoms with Gasteiger partial charge in [-0.1, -0.05) is 109 Å². The average molecular weight is 422 g/mol. The predicted molar refractivity (Wildman–Crippen MR) is 124 cm³/mol. The molecule has 1 amide bonds. The minimum atomic E-state index is -0.373. The van der Waals surface area contributed by atoms with E-state index in [1.807, 2.05) is 0 Å². The van der Waals surface area contributed by atoms with Crippen LogP contribution in [0.4, 0.5) is 4.39 Å². The fourth-order valence-electron chi connectivity index (χ4n) is 3.66. The fraction of sp³-hybridized carbons (Fsp3) is 0.731. The highest BCUT2D eigenvalue weighted by Crippen LogP contribution is 2.15. The number of halogens is 1. The number of carbonyl (C=O) groups is 1. The van der Waals surface area contributed by atoms with Crippen LogP contribution < -0.4 is 10.1 Å². The molecule has 0 unspecified atom stereocenters. The van der Waals surface area contributed by atoms with E-state index in [9.17, 15) is 9.18 Å². The van der Waals surface area contributed by atoms with E-state index in [1.54, 1.807) is 18.2 Å². The molecule has 1 aromatic carbocycles. The molecule has 0 aromatic heterocycles. The highest BCUT2D eigenvalue weighted by molar-refractivity contribution is 5.75. The van der Waals surface area contributed by atoms with Gasteiger partial charge in [0.2, 0.25) is 5.91 Å². The molecule has 1 aromatic rings. The van der Waals surface area contributed by atoms with Gasteiger partial charge in [0, 0.05) is 6.42 Å². The van der Waals surface area contributed by atoms with Crippen molar-refractivity contribution in [3.8, 4) is 5.75 Å². The SMILES string of the molecule is CCCCCCCCCCCCCCCCCC(=O)NCCOc1ccccc1F. The summed E-state index contributed by atoms with van der Waals surface area (Å²) in [6, 6.07) is 6.31. The van der Waals surface area contributed by atoms with Crippen molar-refractivity contribution in [2.75, 3.05) is 13.2 Å². The lowest BCUT2D eigenvalue weighted by molar-refractivity contribution is -0.121. The van der Waals surface area contributed by atoms with Crippen LogP contribution in [-0.2, 0) is 4.79 Å². The van der Waals surface area contributed by atoms with E-state index in [1.165, 1.54) is 89.5 Å². The minimum absolute atomic E-state index is 0.0572. The topological polar surface area (TPSA) is 38.3 Å². The molecule has 1 N–H and O–H groups in total. The van der Waals surface area contributed by atoms with Crippen LogP contribution in [0.15, 0.2) is 24.3 Å². The number of hydrogen-bond acceptors (Lipinski definition) is 2. The summed E-state index contributed by atoms with van der Waals surface area (Å²) < 4.78 is 18.7. The largest absolute Gasteiger partial charge is 0.489 e. The van der Waals surface area contributed by atoms with E-state index in [-0.39, 0.29) is 24.1 Å². The Morgan fingerprint density at radius 1 is 0.800 bits per heavy atom. The third kappa shape index (κ3) is 15.3. The highest BCUT2D eigenvalue weighted by atomic mass is 19.1. The molecule has 0 bridgehead atoms. The highest BCUT2D eigenvalue weighted by Gasteiger charge is 2.03. The molecular weight excluding hydrogens is 377 g/mol. The number of rotatable bonds is 20. The van der Waals surface area contributed by atoms with Crippen LogP contribution in [0.1, 0.15) is 110 Å². The van der Waals surface area contributed by atoms with Gasteiger partial charge in [0.05, 0.1) is 6.54 Å². The summed E-state index contributed by atoms with van der Waals surface area (Å²) in [6.07, 6.45) is 20.4. The molecule has 0 aliphatic carbocycles. The van der Waals surface area contributed by atoms with Gasteiger partial charge in [-0.25, -0.2) is 4.39 Å². The smallest absolute Gasteiger partial charge is 0.220 e. The third-order valence-electron chi connectivity index (χ3n) is 5.53. The number of benzene rings is 1. The summed E-state index contributed by atoms with van der Waals surface area (Å²) in [6.45, 7) is 2.96. The monoisotopic (exact) mass is 421 g/mol. The van der Waals surface area contributed by atoms with E-state index in [0.717, 1.165) is 12.8 Å². The van der Waals surface area contributed by atoms with E-state index < -0.39 is 0 Å². The van der Waals surface area contributed by atoms with Gasteiger partial charge in [0.25, 0.3) is 0 Å². The molecule has 3 nitrogen and oxygen atoms in total. The maximum atomic E-state index is 13.4. The lowest BCUT2D eigenvalue weighted by Crippen LogP contribution is -2.27. The van der Waals surface area contributed by atoms with Crippen molar-refractivity contribution in [1.82, 2.24) is 5.32 Å². The lowest BCUT2D eigenvalue weighted by atomic mass is 10.0. The van der Waals surface area contributed by atoms with Crippen LogP contribution in [0.2, 0.25) is 0 Å². The van der Waals surface area contributed by atoms with Gasteiger partial charge < -0.3 is 10.1 Å². The second kappa shape index (κ2) is 19.4. The molecule has 1 rings (SSSR count). The molecular formula is C26H44FNO2. The van der Waals surface area contributed by atoms with Crippen LogP contribution in [0.3, 0.4) is 0 Å². The van der Waals surface area contributed by atoms with Crippen molar-refractivity contribution in [3.05, 3.63) is 30.1 Å². The van der Waals surface area contributed by atoms with Gasteiger partial charge in [-0.2, -0.15) is 0 Å².